The van der Waals surface area contributed by atoms with Gasteiger partial charge in [-0.1, -0.05) is 31.2 Å². The molecule has 2 aromatic rings. The molecule has 0 amide bonds. The van der Waals surface area contributed by atoms with Crippen molar-refractivity contribution in [1.29, 1.82) is 0 Å². The summed E-state index contributed by atoms with van der Waals surface area (Å²) >= 11 is 1.59. The van der Waals surface area contributed by atoms with Gasteiger partial charge in [0.15, 0.2) is 0 Å². The predicted molar refractivity (Wildman–Crippen MR) is 98.3 cm³/mol. The van der Waals surface area contributed by atoms with E-state index in [1.54, 1.807) is 17.4 Å². The van der Waals surface area contributed by atoms with Crippen molar-refractivity contribution in [3.8, 4) is 0 Å². The molecule has 0 aliphatic rings. The van der Waals surface area contributed by atoms with E-state index in [9.17, 15) is 13.2 Å². The van der Waals surface area contributed by atoms with Crippen LogP contribution >= 0.6 is 11.3 Å². The summed E-state index contributed by atoms with van der Waals surface area (Å²) in [5.74, 6) is 0. The summed E-state index contributed by atoms with van der Waals surface area (Å²) in [7, 11) is 4.03. The largest absolute Gasteiger partial charge is 0.416 e. The molecular formula is C19H25F3N2S. The van der Waals surface area contributed by atoms with Crippen molar-refractivity contribution in [3.05, 3.63) is 57.8 Å². The first-order valence-corrected chi connectivity index (χ1v) is 9.18. The highest BCUT2D eigenvalue weighted by Crippen LogP contribution is 2.40. The standard InChI is InChI=1S/C19H25F3N2S/c1-18(17-8-5-13-25-17,9-10-23-11-12-24(2)3)15-6-4-7-16(14-15)19(20,21)22/h4-8,13-14,23H,9-12H2,1-3H3. The van der Waals surface area contributed by atoms with Crippen LogP contribution in [-0.2, 0) is 11.6 Å². The highest BCUT2D eigenvalue weighted by Gasteiger charge is 2.34. The molecule has 0 spiro atoms. The molecular weight excluding hydrogens is 345 g/mol. The smallest absolute Gasteiger partial charge is 0.315 e. The van der Waals surface area contributed by atoms with Crippen molar-refractivity contribution in [2.75, 3.05) is 33.7 Å². The first kappa shape index (κ1) is 19.9. The summed E-state index contributed by atoms with van der Waals surface area (Å²) < 4.78 is 39.3. The molecule has 1 atom stereocenters. The molecule has 1 aromatic heterocycles. The van der Waals surface area contributed by atoms with E-state index in [-0.39, 0.29) is 0 Å². The van der Waals surface area contributed by atoms with Crippen molar-refractivity contribution >= 4 is 11.3 Å². The minimum absolute atomic E-state index is 0.444. The lowest BCUT2D eigenvalue weighted by molar-refractivity contribution is -0.137. The fraction of sp³-hybridized carbons (Fsp3) is 0.474. The number of nitrogens with one attached hydrogen (secondary N) is 1. The minimum atomic E-state index is -4.32. The maximum Gasteiger partial charge on any atom is 0.416 e. The van der Waals surface area contributed by atoms with Gasteiger partial charge in [0.05, 0.1) is 5.56 Å². The molecule has 1 aromatic carbocycles. The van der Waals surface area contributed by atoms with Crippen LogP contribution in [0, 0.1) is 0 Å². The molecule has 0 radical (unpaired) electrons. The van der Waals surface area contributed by atoms with Crippen LogP contribution in [-0.4, -0.2) is 38.6 Å². The second-order valence-electron chi connectivity index (χ2n) is 6.69. The van der Waals surface area contributed by atoms with Crippen LogP contribution in [0.3, 0.4) is 0 Å². The van der Waals surface area contributed by atoms with E-state index in [1.165, 1.54) is 12.1 Å². The molecule has 0 bridgehead atoms. The zero-order valence-electron chi connectivity index (χ0n) is 14.9. The quantitative estimate of drug-likeness (QED) is 0.683. The lowest BCUT2D eigenvalue weighted by Crippen LogP contribution is -2.32. The van der Waals surface area contributed by atoms with Gasteiger partial charge in [-0.3, -0.25) is 0 Å². The van der Waals surface area contributed by atoms with Gasteiger partial charge in [-0.15, -0.1) is 11.3 Å². The third-order valence-corrected chi connectivity index (χ3v) is 5.56. The molecule has 1 N–H and O–H groups in total. The maximum absolute atomic E-state index is 13.1. The monoisotopic (exact) mass is 370 g/mol. The Kier molecular flexibility index (Phi) is 6.65. The summed E-state index contributed by atoms with van der Waals surface area (Å²) in [6.07, 6.45) is -3.58. The summed E-state index contributed by atoms with van der Waals surface area (Å²) in [4.78, 5) is 3.18. The van der Waals surface area contributed by atoms with E-state index in [1.807, 2.05) is 38.5 Å². The van der Waals surface area contributed by atoms with Gasteiger partial charge >= 0.3 is 6.18 Å². The van der Waals surface area contributed by atoms with Gasteiger partial charge in [-0.05, 0) is 50.1 Å². The van der Waals surface area contributed by atoms with Gasteiger partial charge in [0.1, 0.15) is 0 Å². The Hall–Kier alpha value is -1.37. The van der Waals surface area contributed by atoms with Crippen LogP contribution < -0.4 is 5.32 Å². The van der Waals surface area contributed by atoms with Crippen LogP contribution in [0.4, 0.5) is 13.2 Å². The zero-order chi connectivity index (χ0) is 18.5. The number of hydrogen-bond acceptors (Lipinski definition) is 3. The van der Waals surface area contributed by atoms with E-state index >= 15 is 0 Å². The number of nitrogens with zero attached hydrogens (tertiary/aromatic N) is 1. The molecule has 138 valence electrons. The number of alkyl halides is 3. The van der Waals surface area contributed by atoms with Crippen LogP contribution in [0.15, 0.2) is 41.8 Å². The van der Waals surface area contributed by atoms with Crippen molar-refractivity contribution in [2.45, 2.75) is 24.9 Å². The van der Waals surface area contributed by atoms with Crippen LogP contribution in [0.2, 0.25) is 0 Å². The minimum Gasteiger partial charge on any atom is -0.315 e. The Morgan fingerprint density at radius 1 is 1.04 bits per heavy atom. The van der Waals surface area contributed by atoms with Gasteiger partial charge in [0, 0.05) is 23.4 Å². The van der Waals surface area contributed by atoms with Crippen molar-refractivity contribution in [2.24, 2.45) is 0 Å². The normalized spacial score (nSPS) is 14.7. The Bertz CT molecular complexity index is 653. The SMILES string of the molecule is CN(C)CCNCCC(C)(c1cccc(C(F)(F)F)c1)c1cccs1. The molecule has 1 unspecified atom stereocenters. The predicted octanol–water partition coefficient (Wildman–Crippen LogP) is 4.61. The lowest BCUT2D eigenvalue weighted by Gasteiger charge is -2.30. The van der Waals surface area contributed by atoms with E-state index in [0.717, 1.165) is 37.0 Å². The molecule has 0 saturated heterocycles. The molecule has 2 nitrogen and oxygen atoms in total. The van der Waals surface area contributed by atoms with Crippen molar-refractivity contribution < 1.29 is 13.2 Å². The number of benzene rings is 1. The van der Waals surface area contributed by atoms with Gasteiger partial charge in [-0.2, -0.15) is 13.2 Å². The second kappa shape index (κ2) is 8.34. The number of halogens is 3. The average molecular weight is 370 g/mol. The highest BCUT2D eigenvalue weighted by molar-refractivity contribution is 7.10. The fourth-order valence-electron chi connectivity index (χ4n) is 2.81. The van der Waals surface area contributed by atoms with Gasteiger partial charge in [-0.25, -0.2) is 0 Å². The zero-order valence-corrected chi connectivity index (χ0v) is 15.7. The topological polar surface area (TPSA) is 15.3 Å². The fourth-order valence-corrected chi connectivity index (χ4v) is 3.75. The molecule has 6 heteroatoms. The van der Waals surface area contributed by atoms with Crippen molar-refractivity contribution in [1.82, 2.24) is 10.2 Å². The first-order valence-electron chi connectivity index (χ1n) is 8.30. The van der Waals surface area contributed by atoms with Crippen LogP contribution in [0.25, 0.3) is 0 Å². The number of likely N-dealkylation sites (N-methyl/N-ethyl adjacent to an activating group) is 1. The molecule has 0 aliphatic heterocycles. The van der Waals surface area contributed by atoms with Gasteiger partial charge in [0.2, 0.25) is 0 Å². The third-order valence-electron chi connectivity index (χ3n) is 4.43. The average Bonchev–Trinajstić information content (AvgIpc) is 3.08. The van der Waals surface area contributed by atoms with E-state index in [4.69, 9.17) is 0 Å². The van der Waals surface area contributed by atoms with Gasteiger partial charge < -0.3 is 10.2 Å². The Morgan fingerprint density at radius 3 is 2.36 bits per heavy atom. The number of hydrogen-bond donors (Lipinski definition) is 1. The highest BCUT2D eigenvalue weighted by atomic mass is 32.1. The summed E-state index contributed by atoms with van der Waals surface area (Å²) in [6.45, 7) is 4.57. The summed E-state index contributed by atoms with van der Waals surface area (Å²) in [6, 6.07) is 9.68. The van der Waals surface area contributed by atoms with E-state index < -0.39 is 17.2 Å². The summed E-state index contributed by atoms with van der Waals surface area (Å²) in [5.41, 5.74) is -0.326. The molecule has 0 saturated carbocycles. The molecule has 0 aliphatic carbocycles. The van der Waals surface area contributed by atoms with Gasteiger partial charge in [0.25, 0.3) is 0 Å². The Balaban J connectivity index is 2.22. The molecule has 1 heterocycles. The molecule has 25 heavy (non-hydrogen) atoms. The van der Waals surface area contributed by atoms with E-state index in [0.29, 0.717) is 5.56 Å². The summed E-state index contributed by atoms with van der Waals surface area (Å²) in [5, 5.41) is 5.36. The Labute approximate surface area is 151 Å². The Morgan fingerprint density at radius 2 is 1.76 bits per heavy atom. The second-order valence-corrected chi connectivity index (χ2v) is 7.64. The number of thiophene rings is 1. The van der Waals surface area contributed by atoms with Crippen LogP contribution in [0.1, 0.15) is 29.3 Å². The number of rotatable bonds is 8. The lowest BCUT2D eigenvalue weighted by atomic mass is 9.77. The molecule has 2 rings (SSSR count). The van der Waals surface area contributed by atoms with Crippen LogP contribution in [0.5, 0.6) is 0 Å². The molecule has 0 fully saturated rings. The van der Waals surface area contributed by atoms with Crippen molar-refractivity contribution in [3.63, 3.8) is 0 Å². The first-order chi connectivity index (χ1) is 11.7. The van der Waals surface area contributed by atoms with E-state index in [2.05, 4.69) is 10.2 Å². The third kappa shape index (κ3) is 5.30. The maximum atomic E-state index is 13.1.